The van der Waals surface area contributed by atoms with Crippen LogP contribution in [0.5, 0.6) is 0 Å². The fourth-order valence-corrected chi connectivity index (χ4v) is 1.84. The number of hydrogen-bond donors (Lipinski definition) is 0. The Balaban J connectivity index is 2.12. The number of aryl methyl sites for hydroxylation is 1. The number of ketones is 1. The van der Waals surface area contributed by atoms with Gasteiger partial charge in [-0.2, -0.15) is 5.10 Å². The van der Waals surface area contributed by atoms with Crippen molar-refractivity contribution < 1.29 is 4.79 Å². The number of aromatic nitrogens is 4. The lowest BCUT2D eigenvalue weighted by Crippen LogP contribution is -2.02. The minimum absolute atomic E-state index is 0.0887. The van der Waals surface area contributed by atoms with Crippen LogP contribution in [0.2, 0.25) is 0 Å². The molecule has 0 saturated carbocycles. The molecule has 0 unspecified atom stereocenters. The van der Waals surface area contributed by atoms with Gasteiger partial charge in [0.25, 0.3) is 0 Å². The van der Waals surface area contributed by atoms with Crippen LogP contribution in [0.1, 0.15) is 21.5 Å². The number of carbonyl (C=O) groups is 1. The summed E-state index contributed by atoms with van der Waals surface area (Å²) in [5, 5.41) is 4.12. The lowest BCUT2D eigenvalue weighted by molar-refractivity contribution is 0.104. The highest BCUT2D eigenvalue weighted by molar-refractivity contribution is 6.12. The standard InChI is InChI=1S/C13H10N4O/c1-9-4-10(6-15-5-9)13(18)11-7-16-17-3-2-14-8-12(11)17/h2-8H,1H3. The van der Waals surface area contributed by atoms with Crippen molar-refractivity contribution in [2.24, 2.45) is 0 Å². The fourth-order valence-electron chi connectivity index (χ4n) is 1.84. The van der Waals surface area contributed by atoms with E-state index in [1.165, 1.54) is 0 Å². The number of carbonyl (C=O) groups excluding carboxylic acids is 1. The molecule has 3 aromatic rings. The summed E-state index contributed by atoms with van der Waals surface area (Å²) >= 11 is 0. The largest absolute Gasteiger partial charge is 0.288 e. The smallest absolute Gasteiger partial charge is 0.198 e. The third kappa shape index (κ3) is 1.66. The molecule has 5 heteroatoms. The molecule has 18 heavy (non-hydrogen) atoms. The van der Waals surface area contributed by atoms with E-state index >= 15 is 0 Å². The van der Waals surface area contributed by atoms with Gasteiger partial charge < -0.3 is 0 Å². The zero-order chi connectivity index (χ0) is 12.5. The molecule has 5 nitrogen and oxygen atoms in total. The average Bonchev–Trinajstić information content (AvgIpc) is 2.82. The van der Waals surface area contributed by atoms with E-state index in [0.717, 1.165) is 5.56 Å². The molecule has 0 N–H and O–H groups in total. The van der Waals surface area contributed by atoms with Crippen molar-refractivity contribution in [1.82, 2.24) is 19.6 Å². The molecule has 0 aromatic carbocycles. The Morgan fingerprint density at radius 1 is 1.17 bits per heavy atom. The summed E-state index contributed by atoms with van der Waals surface area (Å²) in [5.74, 6) is -0.0887. The van der Waals surface area contributed by atoms with Crippen molar-refractivity contribution in [2.45, 2.75) is 6.92 Å². The first-order valence-corrected chi connectivity index (χ1v) is 5.49. The highest BCUT2D eigenvalue weighted by Crippen LogP contribution is 2.14. The zero-order valence-electron chi connectivity index (χ0n) is 9.74. The molecule has 0 saturated heterocycles. The first-order chi connectivity index (χ1) is 8.75. The summed E-state index contributed by atoms with van der Waals surface area (Å²) in [6, 6.07) is 1.81. The van der Waals surface area contributed by atoms with Crippen LogP contribution in [0, 0.1) is 6.92 Å². The lowest BCUT2D eigenvalue weighted by Gasteiger charge is -1.99. The lowest BCUT2D eigenvalue weighted by atomic mass is 10.1. The van der Waals surface area contributed by atoms with Gasteiger partial charge in [0, 0.05) is 30.4 Å². The van der Waals surface area contributed by atoms with E-state index in [-0.39, 0.29) is 5.78 Å². The molecule has 0 radical (unpaired) electrons. The average molecular weight is 238 g/mol. The molecular formula is C13H10N4O. The van der Waals surface area contributed by atoms with E-state index < -0.39 is 0 Å². The summed E-state index contributed by atoms with van der Waals surface area (Å²) in [7, 11) is 0. The van der Waals surface area contributed by atoms with E-state index in [2.05, 4.69) is 15.1 Å². The fraction of sp³-hybridized carbons (Fsp3) is 0.0769. The number of hydrogen-bond acceptors (Lipinski definition) is 4. The summed E-state index contributed by atoms with van der Waals surface area (Å²) in [4.78, 5) is 20.4. The SMILES string of the molecule is Cc1cncc(C(=O)c2cnn3ccncc23)c1. The number of rotatable bonds is 2. The summed E-state index contributed by atoms with van der Waals surface area (Å²) < 4.78 is 1.63. The topological polar surface area (TPSA) is 60.2 Å². The minimum Gasteiger partial charge on any atom is -0.288 e. The van der Waals surface area contributed by atoms with Gasteiger partial charge in [-0.3, -0.25) is 14.8 Å². The predicted molar refractivity (Wildman–Crippen MR) is 65.4 cm³/mol. The van der Waals surface area contributed by atoms with Crippen LogP contribution in [-0.2, 0) is 0 Å². The van der Waals surface area contributed by atoms with Crippen LogP contribution < -0.4 is 0 Å². The Labute approximate surface area is 103 Å². The first-order valence-electron chi connectivity index (χ1n) is 5.49. The summed E-state index contributed by atoms with van der Waals surface area (Å²) in [6.45, 7) is 1.90. The second-order valence-corrected chi connectivity index (χ2v) is 4.04. The number of nitrogens with zero attached hydrogens (tertiary/aromatic N) is 4. The Kier molecular flexibility index (Phi) is 2.37. The zero-order valence-corrected chi connectivity index (χ0v) is 9.74. The van der Waals surface area contributed by atoms with Crippen LogP contribution in [0.4, 0.5) is 0 Å². The van der Waals surface area contributed by atoms with Gasteiger partial charge in [-0.1, -0.05) is 0 Å². The molecule has 3 heterocycles. The van der Waals surface area contributed by atoms with Crippen molar-refractivity contribution in [1.29, 1.82) is 0 Å². The highest BCUT2D eigenvalue weighted by atomic mass is 16.1. The second-order valence-electron chi connectivity index (χ2n) is 4.04. The molecular weight excluding hydrogens is 228 g/mol. The van der Waals surface area contributed by atoms with Gasteiger partial charge in [0.15, 0.2) is 5.78 Å². The first kappa shape index (κ1) is 10.6. The molecule has 0 aliphatic carbocycles. The van der Waals surface area contributed by atoms with Gasteiger partial charge in [0.05, 0.1) is 23.5 Å². The molecule has 0 spiro atoms. The van der Waals surface area contributed by atoms with Crippen LogP contribution in [0.25, 0.3) is 5.52 Å². The van der Waals surface area contributed by atoms with Gasteiger partial charge in [0.2, 0.25) is 0 Å². The predicted octanol–water partition coefficient (Wildman–Crippen LogP) is 1.66. The maximum atomic E-state index is 12.4. The molecule has 3 aromatic heterocycles. The van der Waals surface area contributed by atoms with E-state index in [9.17, 15) is 4.79 Å². The van der Waals surface area contributed by atoms with Crippen LogP contribution in [-0.4, -0.2) is 25.4 Å². The van der Waals surface area contributed by atoms with Crippen molar-refractivity contribution in [3.63, 3.8) is 0 Å². The van der Waals surface area contributed by atoms with Crippen molar-refractivity contribution in [3.8, 4) is 0 Å². The molecule has 0 amide bonds. The quantitative estimate of drug-likeness (QED) is 0.637. The summed E-state index contributed by atoms with van der Waals surface area (Å²) in [5.41, 5.74) is 2.75. The molecule has 0 fully saturated rings. The van der Waals surface area contributed by atoms with E-state index in [0.29, 0.717) is 16.6 Å². The van der Waals surface area contributed by atoms with Crippen LogP contribution >= 0.6 is 0 Å². The van der Waals surface area contributed by atoms with Crippen molar-refractivity contribution >= 4 is 11.3 Å². The Morgan fingerprint density at radius 2 is 2.06 bits per heavy atom. The van der Waals surface area contributed by atoms with Crippen molar-refractivity contribution in [2.75, 3.05) is 0 Å². The van der Waals surface area contributed by atoms with E-state index in [4.69, 9.17) is 0 Å². The van der Waals surface area contributed by atoms with Gasteiger partial charge in [-0.25, -0.2) is 4.52 Å². The molecule has 0 aliphatic heterocycles. The maximum Gasteiger partial charge on any atom is 0.198 e. The van der Waals surface area contributed by atoms with Gasteiger partial charge in [0.1, 0.15) is 0 Å². The number of pyridine rings is 1. The van der Waals surface area contributed by atoms with E-state index in [1.54, 1.807) is 41.7 Å². The minimum atomic E-state index is -0.0887. The van der Waals surface area contributed by atoms with Gasteiger partial charge in [-0.15, -0.1) is 0 Å². The van der Waals surface area contributed by atoms with Crippen molar-refractivity contribution in [3.05, 3.63) is 59.9 Å². The summed E-state index contributed by atoms with van der Waals surface area (Å²) in [6.07, 6.45) is 9.80. The highest BCUT2D eigenvalue weighted by Gasteiger charge is 2.15. The van der Waals surface area contributed by atoms with Crippen LogP contribution in [0.15, 0.2) is 43.2 Å². The van der Waals surface area contributed by atoms with Crippen LogP contribution in [0.3, 0.4) is 0 Å². The molecule has 3 rings (SSSR count). The Hall–Kier alpha value is -2.56. The Morgan fingerprint density at radius 3 is 2.89 bits per heavy atom. The molecule has 0 bridgehead atoms. The molecule has 0 aliphatic rings. The molecule has 88 valence electrons. The number of fused-ring (bicyclic) bond motifs is 1. The normalized spacial score (nSPS) is 10.7. The monoisotopic (exact) mass is 238 g/mol. The van der Waals surface area contributed by atoms with Gasteiger partial charge in [-0.05, 0) is 18.6 Å². The second kappa shape index (κ2) is 4.03. The Bertz CT molecular complexity index is 732. The van der Waals surface area contributed by atoms with E-state index in [1.807, 2.05) is 13.0 Å². The third-order valence-electron chi connectivity index (χ3n) is 2.71. The maximum absolute atomic E-state index is 12.4. The third-order valence-corrected chi connectivity index (χ3v) is 2.71. The van der Waals surface area contributed by atoms with Gasteiger partial charge >= 0.3 is 0 Å². The molecule has 0 atom stereocenters.